The minimum absolute atomic E-state index is 0.217. The Morgan fingerprint density at radius 3 is 2.17 bits per heavy atom. The number of rotatable bonds is 4. The molecule has 0 saturated heterocycles. The van der Waals surface area contributed by atoms with E-state index < -0.39 is 5.54 Å². The fourth-order valence-corrected chi connectivity index (χ4v) is 3.88. The molecule has 0 fully saturated rings. The van der Waals surface area contributed by atoms with E-state index in [1.54, 1.807) is 66.6 Å². The third kappa shape index (κ3) is 3.74. The highest BCUT2D eigenvalue weighted by atomic mass is 35.5. The van der Waals surface area contributed by atoms with Crippen molar-refractivity contribution in [1.29, 1.82) is 0 Å². The summed E-state index contributed by atoms with van der Waals surface area (Å²) in [5.41, 5.74) is 0.967. The third-order valence-electron chi connectivity index (χ3n) is 5.39. The topological polar surface area (TPSA) is 49.4 Å². The molecule has 4 nitrogen and oxygen atoms in total. The number of nitrogens with one attached hydrogen (secondary N) is 1. The maximum atomic E-state index is 13.7. The number of anilines is 1. The van der Waals surface area contributed by atoms with E-state index in [4.69, 9.17) is 11.6 Å². The molecule has 4 rings (SSSR count). The predicted octanol–water partition coefficient (Wildman–Crippen LogP) is 5.17. The lowest BCUT2D eigenvalue weighted by Gasteiger charge is -2.42. The first kappa shape index (κ1) is 19.9. The zero-order valence-corrected chi connectivity index (χ0v) is 17.2. The molecular formula is C25H21ClN2O2. The largest absolute Gasteiger partial charge is 0.337 e. The van der Waals surface area contributed by atoms with Crippen LogP contribution in [0.4, 0.5) is 5.69 Å². The van der Waals surface area contributed by atoms with Gasteiger partial charge in [0, 0.05) is 28.4 Å². The number of halogens is 1. The highest BCUT2D eigenvalue weighted by Crippen LogP contribution is 2.37. The van der Waals surface area contributed by atoms with Gasteiger partial charge in [0.05, 0.1) is 0 Å². The smallest absolute Gasteiger partial charge is 0.257 e. The quantitative estimate of drug-likeness (QED) is 0.637. The van der Waals surface area contributed by atoms with Crippen LogP contribution < -0.4 is 10.2 Å². The van der Waals surface area contributed by atoms with Gasteiger partial charge >= 0.3 is 0 Å². The van der Waals surface area contributed by atoms with Crippen LogP contribution in [0.3, 0.4) is 0 Å². The van der Waals surface area contributed by atoms with Gasteiger partial charge in [0.1, 0.15) is 5.54 Å². The highest BCUT2D eigenvalue weighted by molar-refractivity contribution is 6.30. The van der Waals surface area contributed by atoms with E-state index in [0.29, 0.717) is 16.3 Å². The molecule has 1 aliphatic rings. The van der Waals surface area contributed by atoms with Crippen LogP contribution in [-0.4, -0.2) is 17.4 Å². The Morgan fingerprint density at radius 2 is 1.53 bits per heavy atom. The Morgan fingerprint density at radius 1 is 0.933 bits per heavy atom. The van der Waals surface area contributed by atoms with Crippen LogP contribution in [0.2, 0.25) is 5.02 Å². The van der Waals surface area contributed by atoms with Gasteiger partial charge in [0.2, 0.25) is 0 Å². The van der Waals surface area contributed by atoms with E-state index in [1.165, 1.54) is 0 Å². The second-order valence-corrected chi connectivity index (χ2v) is 7.84. The SMILES string of the molecule is C[C@]1(NC(=O)c2ccccc2)C(=O)N(c2ccc(Cl)cc2)C=C[C@@H]1c1ccccc1. The van der Waals surface area contributed by atoms with Crippen molar-refractivity contribution in [3.05, 3.63) is 113 Å². The van der Waals surface area contributed by atoms with Gasteiger partial charge in [-0.3, -0.25) is 14.5 Å². The zero-order valence-electron chi connectivity index (χ0n) is 16.5. The molecule has 1 N–H and O–H groups in total. The molecule has 0 spiro atoms. The number of carbonyl (C=O) groups is 2. The van der Waals surface area contributed by atoms with Crippen LogP contribution in [0.15, 0.2) is 97.2 Å². The summed E-state index contributed by atoms with van der Waals surface area (Å²) in [4.78, 5) is 28.3. The van der Waals surface area contributed by atoms with E-state index in [9.17, 15) is 9.59 Å². The molecule has 150 valence electrons. The van der Waals surface area contributed by atoms with Crippen LogP contribution in [-0.2, 0) is 4.79 Å². The summed E-state index contributed by atoms with van der Waals surface area (Å²) in [6.45, 7) is 1.78. The second kappa shape index (κ2) is 8.17. The van der Waals surface area contributed by atoms with E-state index in [1.807, 2.05) is 42.5 Å². The van der Waals surface area contributed by atoms with Crippen LogP contribution >= 0.6 is 11.6 Å². The lowest BCUT2D eigenvalue weighted by molar-refractivity contribution is -0.124. The zero-order chi connectivity index (χ0) is 21.1. The summed E-state index contributed by atoms with van der Waals surface area (Å²) < 4.78 is 0. The third-order valence-corrected chi connectivity index (χ3v) is 5.64. The second-order valence-electron chi connectivity index (χ2n) is 7.40. The molecule has 5 heteroatoms. The number of amides is 2. The van der Waals surface area contributed by atoms with Crippen molar-refractivity contribution in [3.63, 3.8) is 0 Å². The number of benzene rings is 3. The Kier molecular flexibility index (Phi) is 5.42. The van der Waals surface area contributed by atoms with E-state index >= 15 is 0 Å². The first-order valence-corrected chi connectivity index (χ1v) is 10.1. The maximum Gasteiger partial charge on any atom is 0.257 e. The van der Waals surface area contributed by atoms with Crippen molar-refractivity contribution >= 4 is 29.1 Å². The lowest BCUT2D eigenvalue weighted by atomic mass is 9.77. The standard InChI is InChI=1S/C25H21ClN2O2/c1-25(27-23(29)19-10-6-3-7-11-19)22(18-8-4-2-5-9-18)16-17-28(24(25)30)21-14-12-20(26)13-15-21/h2-17,22H,1H3,(H,27,29)/t22-,25-/m1/s1. The van der Waals surface area contributed by atoms with Gasteiger partial charge in [0.25, 0.3) is 11.8 Å². The highest BCUT2D eigenvalue weighted by Gasteiger charge is 2.47. The van der Waals surface area contributed by atoms with Gasteiger partial charge in [-0.25, -0.2) is 0 Å². The van der Waals surface area contributed by atoms with Crippen LogP contribution in [0.25, 0.3) is 0 Å². The van der Waals surface area contributed by atoms with Crippen LogP contribution in [0.1, 0.15) is 28.8 Å². The minimum Gasteiger partial charge on any atom is -0.337 e. The number of nitrogens with zero attached hydrogens (tertiary/aromatic N) is 1. The summed E-state index contributed by atoms with van der Waals surface area (Å²) in [7, 11) is 0. The summed E-state index contributed by atoms with van der Waals surface area (Å²) in [5.74, 6) is -0.827. The lowest BCUT2D eigenvalue weighted by Crippen LogP contribution is -2.61. The molecule has 1 aliphatic heterocycles. The summed E-state index contributed by atoms with van der Waals surface area (Å²) in [6.07, 6.45) is 3.72. The Labute approximate surface area is 180 Å². The monoisotopic (exact) mass is 416 g/mol. The molecule has 30 heavy (non-hydrogen) atoms. The molecular weight excluding hydrogens is 396 g/mol. The fourth-order valence-electron chi connectivity index (χ4n) is 3.75. The molecule has 0 bridgehead atoms. The molecule has 0 radical (unpaired) electrons. The maximum absolute atomic E-state index is 13.7. The molecule has 1 heterocycles. The summed E-state index contributed by atoms with van der Waals surface area (Å²) in [6, 6.07) is 25.7. The summed E-state index contributed by atoms with van der Waals surface area (Å²) in [5, 5.41) is 3.61. The first-order chi connectivity index (χ1) is 14.5. The fraction of sp³-hybridized carbons (Fsp3) is 0.120. The molecule has 0 aromatic heterocycles. The van der Waals surface area contributed by atoms with E-state index in [-0.39, 0.29) is 17.7 Å². The molecule has 2 amide bonds. The minimum atomic E-state index is -1.18. The molecule has 3 aromatic carbocycles. The predicted molar refractivity (Wildman–Crippen MR) is 120 cm³/mol. The first-order valence-electron chi connectivity index (χ1n) is 9.69. The van der Waals surface area contributed by atoms with Gasteiger partial charge in [-0.05, 0) is 48.9 Å². The van der Waals surface area contributed by atoms with Gasteiger partial charge in [-0.15, -0.1) is 0 Å². The summed E-state index contributed by atoms with van der Waals surface area (Å²) >= 11 is 6.00. The molecule has 0 aliphatic carbocycles. The van der Waals surface area contributed by atoms with E-state index in [2.05, 4.69) is 5.32 Å². The number of carbonyl (C=O) groups excluding carboxylic acids is 2. The molecule has 2 atom stereocenters. The van der Waals surface area contributed by atoms with Crippen molar-refractivity contribution in [2.75, 3.05) is 4.90 Å². The van der Waals surface area contributed by atoms with Crippen molar-refractivity contribution < 1.29 is 9.59 Å². The van der Waals surface area contributed by atoms with Crippen LogP contribution in [0, 0.1) is 0 Å². The number of hydrogen-bond acceptors (Lipinski definition) is 2. The van der Waals surface area contributed by atoms with Gasteiger partial charge in [0.15, 0.2) is 0 Å². The Hall–Kier alpha value is -3.37. The number of hydrogen-bond donors (Lipinski definition) is 1. The Balaban J connectivity index is 1.75. The molecule has 0 saturated carbocycles. The van der Waals surface area contributed by atoms with Crippen molar-refractivity contribution in [2.24, 2.45) is 0 Å². The van der Waals surface area contributed by atoms with Crippen LogP contribution in [0.5, 0.6) is 0 Å². The van der Waals surface area contributed by atoms with Gasteiger partial charge in [-0.1, -0.05) is 66.2 Å². The average Bonchev–Trinajstić information content (AvgIpc) is 2.77. The molecule has 0 unspecified atom stereocenters. The van der Waals surface area contributed by atoms with Gasteiger partial charge in [-0.2, -0.15) is 0 Å². The van der Waals surface area contributed by atoms with Crippen molar-refractivity contribution in [1.82, 2.24) is 5.32 Å². The molecule has 3 aromatic rings. The Bertz CT molecular complexity index is 1080. The average molecular weight is 417 g/mol. The van der Waals surface area contributed by atoms with E-state index in [0.717, 1.165) is 5.56 Å². The normalized spacial score (nSPS) is 20.8. The van der Waals surface area contributed by atoms with Crippen molar-refractivity contribution in [3.8, 4) is 0 Å². The van der Waals surface area contributed by atoms with Crippen molar-refractivity contribution in [2.45, 2.75) is 18.4 Å². The van der Waals surface area contributed by atoms with Gasteiger partial charge < -0.3 is 5.32 Å².